The third-order valence-electron chi connectivity index (χ3n) is 3.15. The molecule has 1 saturated heterocycles. The molecule has 1 aliphatic rings. The molecule has 1 fully saturated rings. The fraction of sp³-hybridized carbons (Fsp3) is 0.909. The number of carbonyl (C=O) groups excluding carboxylic acids is 1. The third kappa shape index (κ3) is 2.72. The van der Waals surface area contributed by atoms with Gasteiger partial charge in [0.2, 0.25) is 5.91 Å². The minimum atomic E-state index is -0.549. The number of aliphatic hydroxyl groups excluding tert-OH is 1. The SMILES string of the molecule is CC(C)(C)[C@H](N)C(=O)N1C[C@H](O)C[C@H]1CN. The lowest BCUT2D eigenvalue weighted by molar-refractivity contribution is -0.135. The summed E-state index contributed by atoms with van der Waals surface area (Å²) < 4.78 is 0. The van der Waals surface area contributed by atoms with E-state index in [9.17, 15) is 9.90 Å². The lowest BCUT2D eigenvalue weighted by atomic mass is 9.86. The Morgan fingerprint density at radius 3 is 2.56 bits per heavy atom. The molecule has 0 bridgehead atoms. The molecule has 1 heterocycles. The van der Waals surface area contributed by atoms with Crippen LogP contribution in [-0.2, 0) is 4.79 Å². The van der Waals surface area contributed by atoms with E-state index >= 15 is 0 Å². The fourth-order valence-corrected chi connectivity index (χ4v) is 1.93. The van der Waals surface area contributed by atoms with Gasteiger partial charge < -0.3 is 21.5 Å². The zero-order chi connectivity index (χ0) is 12.5. The molecule has 0 saturated carbocycles. The Morgan fingerprint density at radius 1 is 1.56 bits per heavy atom. The van der Waals surface area contributed by atoms with Crippen molar-refractivity contribution in [2.45, 2.75) is 45.4 Å². The molecule has 5 N–H and O–H groups in total. The Hall–Kier alpha value is -0.650. The molecule has 0 unspecified atom stereocenters. The van der Waals surface area contributed by atoms with Crippen LogP contribution in [-0.4, -0.2) is 47.2 Å². The lowest BCUT2D eigenvalue weighted by Gasteiger charge is -2.32. The maximum atomic E-state index is 12.1. The van der Waals surface area contributed by atoms with E-state index in [0.717, 1.165) is 0 Å². The molecule has 5 nitrogen and oxygen atoms in total. The first-order valence-electron chi connectivity index (χ1n) is 5.71. The first-order valence-corrected chi connectivity index (χ1v) is 5.71. The highest BCUT2D eigenvalue weighted by atomic mass is 16.3. The van der Waals surface area contributed by atoms with E-state index in [1.165, 1.54) is 0 Å². The number of hydrogen-bond acceptors (Lipinski definition) is 4. The molecule has 16 heavy (non-hydrogen) atoms. The van der Waals surface area contributed by atoms with Crippen molar-refractivity contribution < 1.29 is 9.90 Å². The summed E-state index contributed by atoms with van der Waals surface area (Å²) in [6.07, 6.45) is 0.0868. The molecule has 0 aliphatic carbocycles. The zero-order valence-corrected chi connectivity index (χ0v) is 10.3. The summed E-state index contributed by atoms with van der Waals surface area (Å²) in [5.41, 5.74) is 11.2. The molecule has 0 radical (unpaired) electrons. The molecular weight excluding hydrogens is 206 g/mol. The van der Waals surface area contributed by atoms with Crippen molar-refractivity contribution in [3.05, 3.63) is 0 Å². The molecule has 5 heteroatoms. The summed E-state index contributed by atoms with van der Waals surface area (Å²) in [5.74, 6) is -0.112. The molecule has 0 aromatic carbocycles. The number of β-amino-alcohol motifs (C(OH)–C–C–N with tert-alkyl or cyclic N) is 1. The standard InChI is InChI=1S/C11H23N3O2/c1-11(2,3)9(13)10(16)14-6-8(15)4-7(14)5-12/h7-9,15H,4-6,12-13H2,1-3H3/t7-,8+,9+/m0/s1. The fourth-order valence-electron chi connectivity index (χ4n) is 1.93. The maximum Gasteiger partial charge on any atom is 0.240 e. The second kappa shape index (κ2) is 4.69. The van der Waals surface area contributed by atoms with Crippen LogP contribution < -0.4 is 11.5 Å². The normalized spacial score (nSPS) is 28.2. The van der Waals surface area contributed by atoms with Gasteiger partial charge in [-0.05, 0) is 11.8 Å². The number of aliphatic hydroxyl groups is 1. The molecular formula is C11H23N3O2. The third-order valence-corrected chi connectivity index (χ3v) is 3.15. The van der Waals surface area contributed by atoms with Crippen LogP contribution in [0.15, 0.2) is 0 Å². The van der Waals surface area contributed by atoms with Gasteiger partial charge in [0.25, 0.3) is 0 Å². The average Bonchev–Trinajstić information content (AvgIpc) is 2.55. The van der Waals surface area contributed by atoms with Gasteiger partial charge in [0, 0.05) is 19.1 Å². The summed E-state index contributed by atoms with van der Waals surface area (Å²) >= 11 is 0. The Labute approximate surface area is 96.8 Å². The Morgan fingerprint density at radius 2 is 2.12 bits per heavy atom. The van der Waals surface area contributed by atoms with Crippen LogP contribution in [0.2, 0.25) is 0 Å². The number of carbonyl (C=O) groups is 1. The summed E-state index contributed by atoms with van der Waals surface area (Å²) in [6, 6.07) is -0.622. The van der Waals surface area contributed by atoms with E-state index in [0.29, 0.717) is 19.5 Å². The highest BCUT2D eigenvalue weighted by Crippen LogP contribution is 2.23. The van der Waals surface area contributed by atoms with Crippen LogP contribution in [0, 0.1) is 5.41 Å². The Bertz CT molecular complexity index is 262. The van der Waals surface area contributed by atoms with E-state index in [1.807, 2.05) is 20.8 Å². The number of nitrogens with zero attached hydrogens (tertiary/aromatic N) is 1. The van der Waals surface area contributed by atoms with Crippen LogP contribution in [0.1, 0.15) is 27.2 Å². The zero-order valence-electron chi connectivity index (χ0n) is 10.3. The maximum absolute atomic E-state index is 12.1. The molecule has 94 valence electrons. The number of rotatable bonds is 2. The van der Waals surface area contributed by atoms with Crippen LogP contribution in [0.25, 0.3) is 0 Å². The first kappa shape index (κ1) is 13.4. The molecule has 0 spiro atoms. The van der Waals surface area contributed by atoms with Gasteiger partial charge in [-0.25, -0.2) is 0 Å². The minimum Gasteiger partial charge on any atom is -0.391 e. The van der Waals surface area contributed by atoms with Gasteiger partial charge in [-0.3, -0.25) is 4.79 Å². The van der Waals surface area contributed by atoms with Crippen molar-refractivity contribution in [3.63, 3.8) is 0 Å². The average molecular weight is 229 g/mol. The van der Waals surface area contributed by atoms with Gasteiger partial charge in [-0.1, -0.05) is 20.8 Å². The van der Waals surface area contributed by atoms with E-state index in [1.54, 1.807) is 4.90 Å². The summed E-state index contributed by atoms with van der Waals surface area (Å²) in [5, 5.41) is 9.54. The summed E-state index contributed by atoms with van der Waals surface area (Å²) in [6.45, 7) is 6.52. The van der Waals surface area contributed by atoms with Crippen molar-refractivity contribution in [1.82, 2.24) is 4.90 Å². The number of hydrogen-bond donors (Lipinski definition) is 3. The Kier molecular flexibility index (Phi) is 3.93. The lowest BCUT2D eigenvalue weighted by Crippen LogP contribution is -2.53. The summed E-state index contributed by atoms with van der Waals surface area (Å²) in [4.78, 5) is 13.8. The second-order valence-corrected chi connectivity index (χ2v) is 5.61. The number of amides is 1. The predicted molar refractivity (Wildman–Crippen MR) is 62.6 cm³/mol. The van der Waals surface area contributed by atoms with Crippen molar-refractivity contribution >= 4 is 5.91 Å². The smallest absolute Gasteiger partial charge is 0.240 e. The monoisotopic (exact) mass is 229 g/mol. The second-order valence-electron chi connectivity index (χ2n) is 5.61. The van der Waals surface area contributed by atoms with Crippen molar-refractivity contribution in [3.8, 4) is 0 Å². The van der Waals surface area contributed by atoms with E-state index < -0.39 is 12.1 Å². The number of nitrogens with two attached hydrogens (primary N) is 2. The van der Waals surface area contributed by atoms with Crippen molar-refractivity contribution in [2.24, 2.45) is 16.9 Å². The van der Waals surface area contributed by atoms with Crippen molar-refractivity contribution in [2.75, 3.05) is 13.1 Å². The van der Waals surface area contributed by atoms with Gasteiger partial charge in [-0.2, -0.15) is 0 Å². The molecule has 0 aromatic rings. The van der Waals surface area contributed by atoms with Gasteiger partial charge in [0.15, 0.2) is 0 Å². The largest absolute Gasteiger partial charge is 0.391 e. The van der Waals surface area contributed by atoms with Crippen LogP contribution in [0.4, 0.5) is 0 Å². The van der Waals surface area contributed by atoms with Gasteiger partial charge in [0.05, 0.1) is 12.1 Å². The highest BCUT2D eigenvalue weighted by Gasteiger charge is 2.38. The van der Waals surface area contributed by atoms with Crippen LogP contribution in [0.5, 0.6) is 0 Å². The predicted octanol–water partition coefficient (Wildman–Crippen LogP) is -0.720. The summed E-state index contributed by atoms with van der Waals surface area (Å²) in [7, 11) is 0. The topological polar surface area (TPSA) is 92.6 Å². The van der Waals surface area contributed by atoms with Gasteiger partial charge in [0.1, 0.15) is 0 Å². The van der Waals surface area contributed by atoms with Gasteiger partial charge in [-0.15, -0.1) is 0 Å². The highest BCUT2D eigenvalue weighted by molar-refractivity contribution is 5.83. The molecule has 1 aliphatic heterocycles. The Balaban J connectivity index is 2.74. The molecule has 1 rings (SSSR count). The van der Waals surface area contributed by atoms with Crippen molar-refractivity contribution in [1.29, 1.82) is 0 Å². The van der Waals surface area contributed by atoms with Gasteiger partial charge >= 0.3 is 0 Å². The van der Waals surface area contributed by atoms with E-state index in [-0.39, 0.29) is 17.4 Å². The van der Waals surface area contributed by atoms with Crippen LogP contribution >= 0.6 is 0 Å². The first-order chi connectivity index (χ1) is 7.27. The molecule has 1 amide bonds. The minimum absolute atomic E-state index is 0.0732. The molecule has 0 aromatic heterocycles. The van der Waals surface area contributed by atoms with E-state index in [2.05, 4.69) is 0 Å². The van der Waals surface area contributed by atoms with Crippen LogP contribution in [0.3, 0.4) is 0 Å². The molecule has 3 atom stereocenters. The quantitative estimate of drug-likeness (QED) is 0.582. The van der Waals surface area contributed by atoms with E-state index in [4.69, 9.17) is 11.5 Å². The number of likely N-dealkylation sites (tertiary alicyclic amines) is 1.